The van der Waals surface area contributed by atoms with Gasteiger partial charge in [0.2, 0.25) is 0 Å². The lowest BCUT2D eigenvalue weighted by atomic mass is 10.2. The first-order valence-electron chi connectivity index (χ1n) is 10.0. The smallest absolute Gasteiger partial charge is 0.343 e. The summed E-state index contributed by atoms with van der Waals surface area (Å²) in [6, 6.07) is 11.1. The summed E-state index contributed by atoms with van der Waals surface area (Å²) in [6.07, 6.45) is 6.39. The van der Waals surface area contributed by atoms with E-state index >= 15 is 0 Å². The van der Waals surface area contributed by atoms with Crippen molar-refractivity contribution in [2.24, 2.45) is 0 Å². The van der Waals surface area contributed by atoms with Crippen molar-refractivity contribution in [1.82, 2.24) is 0 Å². The summed E-state index contributed by atoms with van der Waals surface area (Å²) in [4.78, 5) is 12.5. The lowest BCUT2D eigenvalue weighted by Crippen LogP contribution is -2.10. The molecular formula is C23H30O5. The first kappa shape index (κ1) is 21.6. The number of phenolic OH excluding ortho intramolecular Hbond substituents is 1. The molecule has 0 saturated carbocycles. The van der Waals surface area contributed by atoms with Gasteiger partial charge < -0.3 is 19.3 Å². The molecule has 0 aliphatic carbocycles. The lowest BCUT2D eigenvalue weighted by Gasteiger charge is -2.14. The van der Waals surface area contributed by atoms with Gasteiger partial charge in [-0.1, -0.05) is 39.5 Å². The number of phenols is 1. The number of hydrogen-bond acceptors (Lipinski definition) is 5. The molecular weight excluding hydrogens is 356 g/mol. The first-order valence-corrected chi connectivity index (χ1v) is 10.0. The topological polar surface area (TPSA) is 65.0 Å². The molecule has 0 unspecified atom stereocenters. The second-order valence-electron chi connectivity index (χ2n) is 6.66. The fourth-order valence-electron chi connectivity index (χ4n) is 2.62. The number of rotatable bonds is 12. The first-order chi connectivity index (χ1) is 13.6. The summed E-state index contributed by atoms with van der Waals surface area (Å²) in [6.45, 7) is 5.49. The number of aromatic hydroxyl groups is 1. The highest BCUT2D eigenvalue weighted by Crippen LogP contribution is 2.30. The Kier molecular flexibility index (Phi) is 9.19. The van der Waals surface area contributed by atoms with Crippen LogP contribution in [-0.2, 0) is 0 Å². The number of hydrogen-bond donors (Lipinski definition) is 1. The SMILES string of the molecule is CCCCCOc1ccc(C(=O)Oc2ccc(O)cc2)cc1OCCCCC. The predicted molar refractivity (Wildman–Crippen MR) is 110 cm³/mol. The second kappa shape index (κ2) is 11.9. The molecule has 0 atom stereocenters. The molecule has 0 heterocycles. The molecule has 2 rings (SSSR count). The monoisotopic (exact) mass is 386 g/mol. The van der Waals surface area contributed by atoms with Gasteiger partial charge in [0.25, 0.3) is 0 Å². The van der Waals surface area contributed by atoms with Crippen LogP contribution >= 0.6 is 0 Å². The Balaban J connectivity index is 2.07. The molecule has 5 heteroatoms. The van der Waals surface area contributed by atoms with Crippen LogP contribution in [0.5, 0.6) is 23.0 Å². The molecule has 1 N–H and O–H groups in total. The van der Waals surface area contributed by atoms with Crippen molar-refractivity contribution in [1.29, 1.82) is 0 Å². The van der Waals surface area contributed by atoms with E-state index in [-0.39, 0.29) is 5.75 Å². The van der Waals surface area contributed by atoms with Crippen molar-refractivity contribution < 1.29 is 24.1 Å². The number of carbonyl (C=O) groups is 1. The predicted octanol–water partition coefficient (Wildman–Crippen LogP) is 5.75. The van der Waals surface area contributed by atoms with E-state index in [4.69, 9.17) is 14.2 Å². The molecule has 0 bridgehead atoms. The zero-order chi connectivity index (χ0) is 20.2. The van der Waals surface area contributed by atoms with Gasteiger partial charge in [0.1, 0.15) is 11.5 Å². The average Bonchev–Trinajstić information content (AvgIpc) is 2.71. The van der Waals surface area contributed by atoms with E-state index in [9.17, 15) is 9.90 Å². The van der Waals surface area contributed by atoms with Gasteiger partial charge in [-0.3, -0.25) is 0 Å². The molecule has 28 heavy (non-hydrogen) atoms. The molecule has 0 aliphatic heterocycles. The molecule has 0 aliphatic rings. The number of ether oxygens (including phenoxy) is 3. The average molecular weight is 386 g/mol. The minimum absolute atomic E-state index is 0.118. The van der Waals surface area contributed by atoms with Crippen LogP contribution < -0.4 is 14.2 Å². The van der Waals surface area contributed by atoms with Gasteiger partial charge in [0.05, 0.1) is 18.8 Å². The summed E-state index contributed by atoms with van der Waals surface area (Å²) < 4.78 is 17.1. The minimum Gasteiger partial charge on any atom is -0.508 e. The molecule has 0 amide bonds. The Hall–Kier alpha value is -2.69. The third-order valence-electron chi connectivity index (χ3n) is 4.24. The summed E-state index contributed by atoms with van der Waals surface area (Å²) >= 11 is 0. The van der Waals surface area contributed by atoms with Gasteiger partial charge in [-0.25, -0.2) is 4.79 Å². The highest BCUT2D eigenvalue weighted by atomic mass is 16.5. The Bertz CT molecular complexity index is 724. The lowest BCUT2D eigenvalue weighted by molar-refractivity contribution is 0.0734. The highest BCUT2D eigenvalue weighted by molar-refractivity contribution is 5.91. The van der Waals surface area contributed by atoms with E-state index in [1.54, 1.807) is 30.3 Å². The minimum atomic E-state index is -0.485. The maximum Gasteiger partial charge on any atom is 0.343 e. The number of benzene rings is 2. The maximum atomic E-state index is 12.5. The number of carbonyl (C=O) groups excluding carboxylic acids is 1. The zero-order valence-corrected chi connectivity index (χ0v) is 16.8. The zero-order valence-electron chi connectivity index (χ0n) is 16.8. The third kappa shape index (κ3) is 7.14. The Morgan fingerprint density at radius 1 is 0.821 bits per heavy atom. The van der Waals surface area contributed by atoms with Crippen molar-refractivity contribution in [2.45, 2.75) is 52.4 Å². The molecule has 2 aromatic rings. The van der Waals surface area contributed by atoms with Crippen LogP contribution in [-0.4, -0.2) is 24.3 Å². The summed E-state index contributed by atoms with van der Waals surface area (Å²) in [5.41, 5.74) is 0.388. The second-order valence-corrected chi connectivity index (χ2v) is 6.66. The van der Waals surface area contributed by atoms with E-state index in [1.165, 1.54) is 12.1 Å². The molecule has 0 saturated heterocycles. The molecule has 0 aromatic heterocycles. The van der Waals surface area contributed by atoms with Crippen molar-refractivity contribution in [3.63, 3.8) is 0 Å². The molecule has 5 nitrogen and oxygen atoms in total. The van der Waals surface area contributed by atoms with Crippen LogP contribution in [0.15, 0.2) is 42.5 Å². The van der Waals surface area contributed by atoms with Crippen molar-refractivity contribution in [3.8, 4) is 23.0 Å². The van der Waals surface area contributed by atoms with Crippen molar-refractivity contribution in [2.75, 3.05) is 13.2 Å². The van der Waals surface area contributed by atoms with Gasteiger partial charge in [0.15, 0.2) is 11.5 Å². The fraction of sp³-hybridized carbons (Fsp3) is 0.435. The van der Waals surface area contributed by atoms with Gasteiger partial charge in [-0.15, -0.1) is 0 Å². The van der Waals surface area contributed by atoms with Crippen LogP contribution in [0.3, 0.4) is 0 Å². The molecule has 152 valence electrons. The summed E-state index contributed by atoms with van der Waals surface area (Å²) in [5, 5.41) is 9.33. The van der Waals surface area contributed by atoms with Gasteiger partial charge in [-0.2, -0.15) is 0 Å². The standard InChI is InChI=1S/C23H30O5/c1-3-5-7-15-26-21-14-9-18(17-22(21)27-16-8-6-4-2)23(25)28-20-12-10-19(24)11-13-20/h9-14,17,24H,3-8,15-16H2,1-2H3. The summed E-state index contributed by atoms with van der Waals surface area (Å²) in [5.74, 6) is 1.21. The largest absolute Gasteiger partial charge is 0.508 e. The van der Waals surface area contributed by atoms with E-state index in [0.717, 1.165) is 38.5 Å². The maximum absolute atomic E-state index is 12.5. The van der Waals surface area contributed by atoms with Crippen LogP contribution in [0.1, 0.15) is 62.7 Å². The Morgan fingerprint density at radius 2 is 1.43 bits per heavy atom. The van der Waals surface area contributed by atoms with Crippen molar-refractivity contribution in [3.05, 3.63) is 48.0 Å². The normalized spacial score (nSPS) is 10.5. The third-order valence-corrected chi connectivity index (χ3v) is 4.24. The van der Waals surface area contributed by atoms with E-state index < -0.39 is 5.97 Å². The van der Waals surface area contributed by atoms with Crippen LogP contribution in [0.2, 0.25) is 0 Å². The van der Waals surface area contributed by atoms with E-state index in [2.05, 4.69) is 13.8 Å². The number of unbranched alkanes of at least 4 members (excludes halogenated alkanes) is 4. The molecule has 0 fully saturated rings. The van der Waals surface area contributed by atoms with Crippen molar-refractivity contribution >= 4 is 5.97 Å². The van der Waals surface area contributed by atoms with Gasteiger partial charge >= 0.3 is 5.97 Å². The molecule has 0 radical (unpaired) electrons. The molecule has 0 spiro atoms. The van der Waals surface area contributed by atoms with Gasteiger partial charge in [0, 0.05) is 0 Å². The number of esters is 1. The van der Waals surface area contributed by atoms with E-state index in [1.807, 2.05) is 0 Å². The molecule has 2 aromatic carbocycles. The Labute approximate surface area is 167 Å². The van der Waals surface area contributed by atoms with Crippen LogP contribution in [0.25, 0.3) is 0 Å². The van der Waals surface area contributed by atoms with Crippen LogP contribution in [0, 0.1) is 0 Å². The van der Waals surface area contributed by atoms with Crippen LogP contribution in [0.4, 0.5) is 0 Å². The fourth-order valence-corrected chi connectivity index (χ4v) is 2.62. The summed E-state index contributed by atoms with van der Waals surface area (Å²) in [7, 11) is 0. The Morgan fingerprint density at radius 3 is 2.04 bits per heavy atom. The van der Waals surface area contributed by atoms with E-state index in [0.29, 0.717) is 36.0 Å². The quantitative estimate of drug-likeness (QED) is 0.286. The highest BCUT2D eigenvalue weighted by Gasteiger charge is 2.14. The van der Waals surface area contributed by atoms with Gasteiger partial charge in [-0.05, 0) is 55.3 Å².